The van der Waals surface area contributed by atoms with Gasteiger partial charge in [-0.05, 0) is 70.2 Å². The van der Waals surface area contributed by atoms with Gasteiger partial charge in [-0.15, -0.1) is 0 Å². The Hall–Kier alpha value is -2.24. The highest BCUT2D eigenvalue weighted by atomic mass is 16.2. The molecule has 3 rings (SSSR count). The molecule has 0 spiro atoms. The largest absolute Gasteiger partial charge is 0.377 e. The van der Waals surface area contributed by atoms with Crippen LogP contribution in [0.3, 0.4) is 0 Å². The summed E-state index contributed by atoms with van der Waals surface area (Å²) >= 11 is 0. The number of carbonyl (C=O) groups excluding carboxylic acids is 2. The highest BCUT2D eigenvalue weighted by molar-refractivity contribution is 5.93. The molecule has 32 heavy (non-hydrogen) atoms. The summed E-state index contributed by atoms with van der Waals surface area (Å²) in [6, 6.07) is 6.33. The van der Waals surface area contributed by atoms with Gasteiger partial charge in [-0.25, -0.2) is 4.79 Å². The number of urea groups is 1. The number of nitrogens with zero attached hydrogens (tertiary/aromatic N) is 2. The smallest absolute Gasteiger partial charge is 0.318 e. The Bertz CT molecular complexity index is 788. The van der Waals surface area contributed by atoms with Crippen LogP contribution < -0.4 is 15.5 Å². The number of anilines is 2. The van der Waals surface area contributed by atoms with Gasteiger partial charge in [-0.1, -0.05) is 32.1 Å². The van der Waals surface area contributed by atoms with E-state index in [1.807, 2.05) is 45.8 Å². The molecule has 2 fully saturated rings. The number of rotatable bonds is 6. The second-order valence-corrected chi connectivity index (χ2v) is 10.8. The molecule has 0 aliphatic heterocycles. The lowest BCUT2D eigenvalue weighted by Crippen LogP contribution is -2.52. The van der Waals surface area contributed by atoms with Crippen LogP contribution in [-0.2, 0) is 11.3 Å². The maximum absolute atomic E-state index is 13.3. The predicted octanol–water partition coefficient (Wildman–Crippen LogP) is 5.52. The van der Waals surface area contributed by atoms with Crippen LogP contribution in [-0.4, -0.2) is 42.5 Å². The molecule has 0 aromatic heterocycles. The van der Waals surface area contributed by atoms with Gasteiger partial charge in [-0.2, -0.15) is 0 Å². The molecule has 2 saturated carbocycles. The zero-order valence-electron chi connectivity index (χ0n) is 20.7. The van der Waals surface area contributed by atoms with Crippen molar-refractivity contribution in [2.24, 2.45) is 5.92 Å². The van der Waals surface area contributed by atoms with Gasteiger partial charge < -0.3 is 20.4 Å². The van der Waals surface area contributed by atoms with E-state index < -0.39 is 0 Å². The summed E-state index contributed by atoms with van der Waals surface area (Å²) in [7, 11) is 4.05. The van der Waals surface area contributed by atoms with Gasteiger partial charge in [0.2, 0.25) is 5.91 Å². The molecular formula is C26H42N4O2. The van der Waals surface area contributed by atoms with E-state index in [4.69, 9.17) is 0 Å². The lowest BCUT2D eigenvalue weighted by Gasteiger charge is -2.37. The predicted molar refractivity (Wildman–Crippen MR) is 132 cm³/mol. The summed E-state index contributed by atoms with van der Waals surface area (Å²) in [4.78, 5) is 30.1. The standard InChI is InChI=1S/C26H42N4O2/c1-26(2,3)28-25(32)30(22-13-7-6-8-14-22)18-20-17-21(15-16-23(20)29(4)5)27-24(31)19-11-9-10-12-19/h15-17,19,22H,6-14,18H2,1-5H3,(H,27,31)(H,28,32). The number of benzene rings is 1. The number of amides is 3. The number of nitrogens with one attached hydrogen (secondary N) is 2. The molecule has 2 aliphatic rings. The lowest BCUT2D eigenvalue weighted by molar-refractivity contribution is -0.119. The Labute approximate surface area is 194 Å². The first-order valence-electron chi connectivity index (χ1n) is 12.3. The molecule has 0 bridgehead atoms. The van der Waals surface area contributed by atoms with E-state index in [0.29, 0.717) is 6.54 Å². The van der Waals surface area contributed by atoms with Crippen LogP contribution in [0, 0.1) is 5.92 Å². The van der Waals surface area contributed by atoms with E-state index in [0.717, 1.165) is 55.5 Å². The van der Waals surface area contributed by atoms with Crippen LogP contribution in [0.25, 0.3) is 0 Å². The normalized spacial score (nSPS) is 17.8. The highest BCUT2D eigenvalue weighted by Gasteiger charge is 2.29. The molecule has 0 atom stereocenters. The Morgan fingerprint density at radius 1 is 0.969 bits per heavy atom. The Kier molecular flexibility index (Phi) is 8.07. The molecule has 6 nitrogen and oxygen atoms in total. The van der Waals surface area contributed by atoms with Crippen molar-refractivity contribution in [2.75, 3.05) is 24.3 Å². The zero-order valence-corrected chi connectivity index (χ0v) is 20.7. The quantitative estimate of drug-likeness (QED) is 0.609. The fraction of sp³-hybridized carbons (Fsp3) is 0.692. The van der Waals surface area contributed by atoms with Gasteiger partial charge >= 0.3 is 6.03 Å². The monoisotopic (exact) mass is 442 g/mol. The Morgan fingerprint density at radius 3 is 2.19 bits per heavy atom. The number of carbonyl (C=O) groups is 2. The van der Waals surface area contributed by atoms with Crippen LogP contribution in [0.15, 0.2) is 18.2 Å². The molecule has 2 aliphatic carbocycles. The van der Waals surface area contributed by atoms with E-state index in [-0.39, 0.29) is 29.4 Å². The maximum atomic E-state index is 13.3. The molecule has 0 saturated heterocycles. The summed E-state index contributed by atoms with van der Waals surface area (Å²) in [5.41, 5.74) is 2.68. The molecule has 0 radical (unpaired) electrons. The topological polar surface area (TPSA) is 64.7 Å². The fourth-order valence-corrected chi connectivity index (χ4v) is 4.99. The van der Waals surface area contributed by atoms with Crippen molar-refractivity contribution in [1.82, 2.24) is 10.2 Å². The average Bonchev–Trinajstić information content (AvgIpc) is 3.26. The molecule has 1 aromatic rings. The van der Waals surface area contributed by atoms with Gasteiger partial charge in [0.25, 0.3) is 0 Å². The first-order valence-corrected chi connectivity index (χ1v) is 12.3. The van der Waals surface area contributed by atoms with Crippen molar-refractivity contribution in [3.8, 4) is 0 Å². The molecule has 178 valence electrons. The van der Waals surface area contributed by atoms with Crippen molar-refractivity contribution in [3.05, 3.63) is 23.8 Å². The van der Waals surface area contributed by atoms with Crippen LogP contribution in [0.2, 0.25) is 0 Å². The third kappa shape index (κ3) is 6.63. The van der Waals surface area contributed by atoms with Gasteiger partial charge in [0.05, 0.1) is 0 Å². The van der Waals surface area contributed by atoms with Crippen molar-refractivity contribution >= 4 is 23.3 Å². The molecular weight excluding hydrogens is 400 g/mol. The van der Waals surface area contributed by atoms with Crippen molar-refractivity contribution < 1.29 is 9.59 Å². The fourth-order valence-electron chi connectivity index (χ4n) is 4.99. The van der Waals surface area contributed by atoms with Crippen LogP contribution in [0.1, 0.15) is 84.1 Å². The van der Waals surface area contributed by atoms with Crippen molar-refractivity contribution in [3.63, 3.8) is 0 Å². The maximum Gasteiger partial charge on any atom is 0.318 e. The first kappa shape index (κ1) is 24.4. The number of hydrogen-bond donors (Lipinski definition) is 2. The minimum absolute atomic E-state index is 0.00509. The van der Waals surface area contributed by atoms with E-state index in [1.165, 1.54) is 19.3 Å². The minimum atomic E-state index is -0.286. The Balaban J connectivity index is 1.85. The molecule has 3 amide bonds. The van der Waals surface area contributed by atoms with Gasteiger partial charge in [0.15, 0.2) is 0 Å². The van der Waals surface area contributed by atoms with Crippen LogP contribution >= 0.6 is 0 Å². The van der Waals surface area contributed by atoms with Gasteiger partial charge in [0.1, 0.15) is 0 Å². The molecule has 6 heteroatoms. The van der Waals surface area contributed by atoms with Crippen molar-refractivity contribution in [2.45, 2.75) is 96.7 Å². The van der Waals surface area contributed by atoms with Crippen LogP contribution in [0.4, 0.5) is 16.2 Å². The summed E-state index contributed by atoms with van der Waals surface area (Å²) in [6.45, 7) is 6.60. The summed E-state index contributed by atoms with van der Waals surface area (Å²) in [5.74, 6) is 0.254. The third-order valence-corrected chi connectivity index (χ3v) is 6.65. The van der Waals surface area contributed by atoms with Crippen LogP contribution in [0.5, 0.6) is 0 Å². The van der Waals surface area contributed by atoms with E-state index in [9.17, 15) is 9.59 Å². The first-order chi connectivity index (χ1) is 15.1. The molecule has 2 N–H and O–H groups in total. The van der Waals surface area contributed by atoms with E-state index in [1.54, 1.807) is 0 Å². The molecule has 0 unspecified atom stereocenters. The molecule has 0 heterocycles. The lowest BCUT2D eigenvalue weighted by atomic mass is 9.93. The summed E-state index contributed by atoms with van der Waals surface area (Å²) in [5, 5.41) is 6.31. The SMILES string of the molecule is CN(C)c1ccc(NC(=O)C2CCCC2)cc1CN(C(=O)NC(C)(C)C)C1CCCCC1. The number of hydrogen-bond acceptors (Lipinski definition) is 3. The average molecular weight is 443 g/mol. The van der Waals surface area contributed by atoms with Crippen molar-refractivity contribution in [1.29, 1.82) is 0 Å². The van der Waals surface area contributed by atoms with Gasteiger partial charge in [0, 0.05) is 49.5 Å². The van der Waals surface area contributed by atoms with E-state index >= 15 is 0 Å². The third-order valence-electron chi connectivity index (χ3n) is 6.65. The van der Waals surface area contributed by atoms with E-state index in [2.05, 4.69) is 27.7 Å². The Morgan fingerprint density at radius 2 is 1.59 bits per heavy atom. The zero-order chi connectivity index (χ0) is 23.3. The summed E-state index contributed by atoms with van der Waals surface area (Å²) < 4.78 is 0. The van der Waals surface area contributed by atoms with Gasteiger partial charge in [-0.3, -0.25) is 4.79 Å². The second-order valence-electron chi connectivity index (χ2n) is 10.8. The molecule has 1 aromatic carbocycles. The second kappa shape index (κ2) is 10.6. The minimum Gasteiger partial charge on any atom is -0.377 e. The highest BCUT2D eigenvalue weighted by Crippen LogP contribution is 2.30. The summed E-state index contributed by atoms with van der Waals surface area (Å²) in [6.07, 6.45) is 9.93.